The standard InChI is InChI=1S/C31H37N3O/c1-24-5-4-17-33(20-24)21-27-12-14-29(15-13-27)31(35)32-19-25-8-10-26(11-9-25)22-34-18-16-28-6-2-3-7-30(28)23-34/h2-3,6-15,24H,4-5,16-23H2,1H3,(H,32,35). The van der Waals surface area contributed by atoms with E-state index in [1.165, 1.54) is 48.2 Å². The molecule has 1 saturated heterocycles. The van der Waals surface area contributed by atoms with Crippen molar-refractivity contribution in [3.05, 3.63) is 106 Å². The number of carbonyl (C=O) groups is 1. The van der Waals surface area contributed by atoms with Crippen molar-refractivity contribution in [2.24, 2.45) is 5.92 Å². The quantitative estimate of drug-likeness (QED) is 0.505. The first-order chi connectivity index (χ1) is 17.1. The van der Waals surface area contributed by atoms with Crippen LogP contribution in [-0.2, 0) is 32.6 Å². The molecule has 1 fully saturated rings. The Balaban J connectivity index is 1.09. The highest BCUT2D eigenvalue weighted by molar-refractivity contribution is 5.94. The maximum absolute atomic E-state index is 12.7. The number of likely N-dealkylation sites (tertiary alicyclic amines) is 1. The molecule has 3 aromatic carbocycles. The molecular weight excluding hydrogens is 430 g/mol. The van der Waals surface area contributed by atoms with Gasteiger partial charge >= 0.3 is 0 Å². The summed E-state index contributed by atoms with van der Waals surface area (Å²) >= 11 is 0. The molecule has 1 amide bonds. The van der Waals surface area contributed by atoms with Crippen molar-refractivity contribution in [3.63, 3.8) is 0 Å². The predicted molar refractivity (Wildman–Crippen MR) is 142 cm³/mol. The molecular formula is C31H37N3O. The largest absolute Gasteiger partial charge is 0.348 e. The molecule has 2 heterocycles. The third-order valence-electron chi connectivity index (χ3n) is 7.46. The molecule has 182 valence electrons. The SMILES string of the molecule is CC1CCCN(Cc2ccc(C(=O)NCc3ccc(CN4CCc5ccccc5C4)cc3)cc2)C1. The zero-order chi connectivity index (χ0) is 24.0. The van der Waals surface area contributed by atoms with Crippen LogP contribution in [0.5, 0.6) is 0 Å². The Kier molecular flexibility index (Phi) is 7.60. The Morgan fingerprint density at radius 3 is 2.23 bits per heavy atom. The number of amides is 1. The van der Waals surface area contributed by atoms with Gasteiger partial charge in [-0.25, -0.2) is 0 Å². The lowest BCUT2D eigenvalue weighted by atomic mass is 9.99. The molecule has 4 heteroatoms. The summed E-state index contributed by atoms with van der Waals surface area (Å²) in [5.74, 6) is 0.768. The van der Waals surface area contributed by atoms with Crippen LogP contribution in [0.2, 0.25) is 0 Å². The maximum atomic E-state index is 12.7. The van der Waals surface area contributed by atoms with Gasteiger partial charge in [-0.3, -0.25) is 14.6 Å². The molecule has 0 bridgehead atoms. The van der Waals surface area contributed by atoms with E-state index in [0.717, 1.165) is 49.6 Å². The van der Waals surface area contributed by atoms with Gasteiger partial charge in [-0.05, 0) is 71.7 Å². The predicted octanol–water partition coefficient (Wildman–Crippen LogP) is 5.41. The minimum Gasteiger partial charge on any atom is -0.348 e. The van der Waals surface area contributed by atoms with Crippen molar-refractivity contribution in [2.75, 3.05) is 19.6 Å². The lowest BCUT2D eigenvalue weighted by molar-refractivity contribution is 0.0951. The molecule has 0 spiro atoms. The molecule has 0 aromatic heterocycles. The first-order valence-electron chi connectivity index (χ1n) is 13.1. The van der Waals surface area contributed by atoms with Gasteiger partial charge in [-0.1, -0.05) is 67.6 Å². The lowest BCUT2D eigenvalue weighted by Gasteiger charge is -2.30. The van der Waals surface area contributed by atoms with Crippen molar-refractivity contribution >= 4 is 5.91 Å². The van der Waals surface area contributed by atoms with Gasteiger partial charge in [-0.2, -0.15) is 0 Å². The molecule has 3 aromatic rings. The Bertz CT molecular complexity index is 1120. The molecule has 35 heavy (non-hydrogen) atoms. The molecule has 0 radical (unpaired) electrons. The fourth-order valence-electron chi connectivity index (χ4n) is 5.44. The van der Waals surface area contributed by atoms with Gasteiger partial charge < -0.3 is 5.32 Å². The molecule has 1 N–H and O–H groups in total. The minimum absolute atomic E-state index is 0.0146. The van der Waals surface area contributed by atoms with Crippen LogP contribution in [0.4, 0.5) is 0 Å². The highest BCUT2D eigenvalue weighted by atomic mass is 16.1. The molecule has 5 rings (SSSR count). The molecule has 1 unspecified atom stereocenters. The van der Waals surface area contributed by atoms with Gasteiger partial charge in [0.25, 0.3) is 5.91 Å². The van der Waals surface area contributed by atoms with Crippen LogP contribution in [0.25, 0.3) is 0 Å². The minimum atomic E-state index is -0.0146. The molecule has 0 aliphatic carbocycles. The molecule has 2 aliphatic rings. The van der Waals surface area contributed by atoms with Crippen LogP contribution in [-0.4, -0.2) is 35.3 Å². The van der Waals surface area contributed by atoms with E-state index >= 15 is 0 Å². The number of piperidine rings is 1. The molecule has 4 nitrogen and oxygen atoms in total. The van der Waals surface area contributed by atoms with Crippen molar-refractivity contribution in [1.29, 1.82) is 0 Å². The summed E-state index contributed by atoms with van der Waals surface area (Å²) in [4.78, 5) is 17.7. The Hall–Kier alpha value is -2.95. The summed E-state index contributed by atoms with van der Waals surface area (Å²) < 4.78 is 0. The van der Waals surface area contributed by atoms with E-state index in [-0.39, 0.29) is 5.91 Å². The van der Waals surface area contributed by atoms with Crippen LogP contribution in [0.3, 0.4) is 0 Å². The maximum Gasteiger partial charge on any atom is 0.251 e. The summed E-state index contributed by atoms with van der Waals surface area (Å²) in [6, 6.07) is 25.5. The third kappa shape index (κ3) is 6.39. The average Bonchev–Trinajstić information content (AvgIpc) is 2.88. The van der Waals surface area contributed by atoms with Crippen LogP contribution in [0.1, 0.15) is 57.9 Å². The number of carbonyl (C=O) groups excluding carboxylic acids is 1. The second kappa shape index (κ2) is 11.2. The average molecular weight is 468 g/mol. The van der Waals surface area contributed by atoms with Gasteiger partial charge in [0.15, 0.2) is 0 Å². The van der Waals surface area contributed by atoms with Gasteiger partial charge in [0, 0.05) is 44.8 Å². The van der Waals surface area contributed by atoms with E-state index in [9.17, 15) is 4.79 Å². The van der Waals surface area contributed by atoms with Crippen molar-refractivity contribution in [1.82, 2.24) is 15.1 Å². The second-order valence-electron chi connectivity index (χ2n) is 10.4. The fraction of sp³-hybridized carbons (Fsp3) is 0.387. The summed E-state index contributed by atoms with van der Waals surface area (Å²) in [6.45, 7) is 9.29. The van der Waals surface area contributed by atoms with Crippen LogP contribution in [0.15, 0.2) is 72.8 Å². The number of nitrogens with zero attached hydrogens (tertiary/aromatic N) is 2. The topological polar surface area (TPSA) is 35.6 Å². The smallest absolute Gasteiger partial charge is 0.251 e. The zero-order valence-corrected chi connectivity index (χ0v) is 20.9. The van der Waals surface area contributed by atoms with Gasteiger partial charge in [0.1, 0.15) is 0 Å². The number of fused-ring (bicyclic) bond motifs is 1. The first-order valence-corrected chi connectivity index (χ1v) is 13.1. The van der Waals surface area contributed by atoms with Gasteiger partial charge in [0.2, 0.25) is 0 Å². The summed E-state index contributed by atoms with van der Waals surface area (Å²) in [6.07, 6.45) is 3.75. The monoisotopic (exact) mass is 467 g/mol. The van der Waals surface area contributed by atoms with E-state index in [4.69, 9.17) is 0 Å². The first kappa shape index (κ1) is 23.8. The highest BCUT2D eigenvalue weighted by Gasteiger charge is 2.17. The number of benzene rings is 3. The van der Waals surface area contributed by atoms with Gasteiger partial charge in [0.05, 0.1) is 0 Å². The highest BCUT2D eigenvalue weighted by Crippen LogP contribution is 2.21. The number of nitrogens with one attached hydrogen (secondary N) is 1. The summed E-state index contributed by atoms with van der Waals surface area (Å²) in [5.41, 5.74) is 7.39. The van der Waals surface area contributed by atoms with Crippen LogP contribution < -0.4 is 5.32 Å². The van der Waals surface area contributed by atoms with Crippen LogP contribution >= 0.6 is 0 Å². The van der Waals surface area contributed by atoms with Crippen molar-refractivity contribution in [2.45, 2.75) is 52.4 Å². The zero-order valence-electron chi connectivity index (χ0n) is 20.9. The van der Waals surface area contributed by atoms with Crippen LogP contribution in [0, 0.1) is 5.92 Å². The lowest BCUT2D eigenvalue weighted by Crippen LogP contribution is -2.33. The summed E-state index contributed by atoms with van der Waals surface area (Å²) in [7, 11) is 0. The summed E-state index contributed by atoms with van der Waals surface area (Å²) in [5, 5.41) is 3.07. The van der Waals surface area contributed by atoms with E-state index in [1.54, 1.807) is 0 Å². The van der Waals surface area contributed by atoms with E-state index in [1.807, 2.05) is 12.1 Å². The van der Waals surface area contributed by atoms with Gasteiger partial charge in [-0.15, -0.1) is 0 Å². The van der Waals surface area contributed by atoms with E-state index in [2.05, 4.69) is 82.7 Å². The number of hydrogen-bond donors (Lipinski definition) is 1. The Morgan fingerprint density at radius 1 is 0.829 bits per heavy atom. The normalized spacial score (nSPS) is 18.7. The third-order valence-corrected chi connectivity index (χ3v) is 7.46. The Morgan fingerprint density at radius 2 is 1.49 bits per heavy atom. The van der Waals surface area contributed by atoms with Crippen molar-refractivity contribution in [3.8, 4) is 0 Å². The Labute approximate surface area is 210 Å². The molecule has 1 atom stereocenters. The molecule has 0 saturated carbocycles. The fourth-order valence-corrected chi connectivity index (χ4v) is 5.44. The van der Waals surface area contributed by atoms with Crippen molar-refractivity contribution < 1.29 is 4.79 Å². The number of rotatable bonds is 7. The van der Waals surface area contributed by atoms with E-state index in [0.29, 0.717) is 6.54 Å². The van der Waals surface area contributed by atoms with E-state index < -0.39 is 0 Å². The number of hydrogen-bond acceptors (Lipinski definition) is 3. The molecule has 2 aliphatic heterocycles. The second-order valence-corrected chi connectivity index (χ2v) is 10.4.